The fourth-order valence-electron chi connectivity index (χ4n) is 2.40. The molecule has 1 aliphatic rings. The van der Waals surface area contributed by atoms with Gasteiger partial charge in [-0.2, -0.15) is 5.26 Å². The first kappa shape index (κ1) is 12.0. The second-order valence-electron chi connectivity index (χ2n) is 4.60. The summed E-state index contributed by atoms with van der Waals surface area (Å²) < 4.78 is 0. The van der Waals surface area contributed by atoms with Gasteiger partial charge in [-0.25, -0.2) is 4.98 Å². The van der Waals surface area contributed by atoms with E-state index in [1.165, 1.54) is 12.8 Å². The van der Waals surface area contributed by atoms with Crippen molar-refractivity contribution in [2.24, 2.45) is 11.7 Å². The third-order valence-corrected chi connectivity index (χ3v) is 3.33. The van der Waals surface area contributed by atoms with Gasteiger partial charge in [0.25, 0.3) is 0 Å². The van der Waals surface area contributed by atoms with Gasteiger partial charge < -0.3 is 5.73 Å². The van der Waals surface area contributed by atoms with Gasteiger partial charge >= 0.3 is 0 Å². The lowest BCUT2D eigenvalue weighted by molar-refractivity contribution is 0.171. The van der Waals surface area contributed by atoms with Crippen LogP contribution in [0.3, 0.4) is 0 Å². The first-order valence-corrected chi connectivity index (χ1v) is 6.10. The normalized spacial score (nSPS) is 21.1. The van der Waals surface area contributed by atoms with E-state index >= 15 is 0 Å². The first-order chi connectivity index (χ1) is 8.33. The highest BCUT2D eigenvalue weighted by molar-refractivity contribution is 5.30. The number of nitrogens with zero attached hydrogens (tertiary/aromatic N) is 3. The van der Waals surface area contributed by atoms with Crippen LogP contribution in [-0.2, 0) is 6.54 Å². The Bertz CT molecular complexity index is 410. The highest BCUT2D eigenvalue weighted by atomic mass is 15.1. The average molecular weight is 230 g/mol. The van der Waals surface area contributed by atoms with E-state index in [1.807, 2.05) is 12.1 Å². The average Bonchev–Trinajstić information content (AvgIpc) is 2.39. The third-order valence-electron chi connectivity index (χ3n) is 3.33. The van der Waals surface area contributed by atoms with Crippen LogP contribution < -0.4 is 5.73 Å². The number of rotatable bonds is 3. The Morgan fingerprint density at radius 3 is 3.24 bits per heavy atom. The number of piperidine rings is 1. The molecule has 90 valence electrons. The molecule has 2 N–H and O–H groups in total. The number of nitriles is 1. The predicted octanol–water partition coefficient (Wildman–Crippen LogP) is 1.12. The van der Waals surface area contributed by atoms with Gasteiger partial charge in [-0.1, -0.05) is 6.07 Å². The van der Waals surface area contributed by atoms with E-state index in [4.69, 9.17) is 11.0 Å². The van der Waals surface area contributed by atoms with Crippen LogP contribution in [0.15, 0.2) is 18.3 Å². The minimum Gasteiger partial charge on any atom is -0.330 e. The number of hydrogen-bond acceptors (Lipinski definition) is 4. The van der Waals surface area contributed by atoms with E-state index in [0.29, 0.717) is 11.6 Å². The summed E-state index contributed by atoms with van der Waals surface area (Å²) in [6.45, 7) is 3.70. The Morgan fingerprint density at radius 1 is 1.59 bits per heavy atom. The monoisotopic (exact) mass is 230 g/mol. The fraction of sp³-hybridized carbons (Fsp3) is 0.538. The van der Waals surface area contributed by atoms with Crippen LogP contribution in [0.25, 0.3) is 0 Å². The first-order valence-electron chi connectivity index (χ1n) is 6.10. The van der Waals surface area contributed by atoms with Crippen molar-refractivity contribution in [1.29, 1.82) is 5.26 Å². The largest absolute Gasteiger partial charge is 0.330 e. The summed E-state index contributed by atoms with van der Waals surface area (Å²) in [7, 11) is 0. The van der Waals surface area contributed by atoms with Crippen LogP contribution >= 0.6 is 0 Å². The highest BCUT2D eigenvalue weighted by Crippen LogP contribution is 2.18. The van der Waals surface area contributed by atoms with Gasteiger partial charge in [-0.15, -0.1) is 0 Å². The van der Waals surface area contributed by atoms with Gasteiger partial charge in [0, 0.05) is 24.8 Å². The fourth-order valence-corrected chi connectivity index (χ4v) is 2.40. The summed E-state index contributed by atoms with van der Waals surface area (Å²) >= 11 is 0. The summed E-state index contributed by atoms with van der Waals surface area (Å²) in [6.07, 6.45) is 4.09. The molecular weight excluding hydrogens is 212 g/mol. The molecule has 0 spiro atoms. The summed E-state index contributed by atoms with van der Waals surface area (Å²) in [5, 5.41) is 9.00. The molecule has 1 unspecified atom stereocenters. The molecule has 2 heterocycles. The van der Waals surface area contributed by atoms with Crippen molar-refractivity contribution in [2.75, 3.05) is 19.6 Å². The summed E-state index contributed by atoms with van der Waals surface area (Å²) in [5.41, 5.74) is 7.29. The van der Waals surface area contributed by atoms with Crippen LogP contribution in [0.2, 0.25) is 0 Å². The zero-order chi connectivity index (χ0) is 12.1. The zero-order valence-electron chi connectivity index (χ0n) is 9.97. The predicted molar refractivity (Wildman–Crippen MR) is 66.0 cm³/mol. The molecule has 0 aliphatic carbocycles. The van der Waals surface area contributed by atoms with E-state index in [-0.39, 0.29) is 0 Å². The minimum absolute atomic E-state index is 0.544. The van der Waals surface area contributed by atoms with Crippen LogP contribution in [0, 0.1) is 17.2 Å². The Hall–Kier alpha value is -1.44. The van der Waals surface area contributed by atoms with Crippen LogP contribution in [0.4, 0.5) is 0 Å². The Kier molecular flexibility index (Phi) is 4.08. The van der Waals surface area contributed by atoms with E-state index in [2.05, 4.69) is 16.0 Å². The van der Waals surface area contributed by atoms with Gasteiger partial charge in [0.05, 0.1) is 0 Å². The second kappa shape index (κ2) is 5.76. The lowest BCUT2D eigenvalue weighted by Gasteiger charge is -2.32. The molecule has 1 aromatic rings. The smallest absolute Gasteiger partial charge is 0.144 e. The maximum absolute atomic E-state index is 9.00. The second-order valence-corrected chi connectivity index (χ2v) is 4.60. The number of nitrogens with two attached hydrogens (primary N) is 1. The molecule has 2 rings (SSSR count). The molecule has 4 heteroatoms. The summed E-state index contributed by atoms with van der Waals surface area (Å²) in [5.74, 6) is 0.603. The number of aromatic nitrogens is 1. The molecule has 0 radical (unpaired) electrons. The molecule has 1 fully saturated rings. The lowest BCUT2D eigenvalue weighted by atomic mass is 9.98. The van der Waals surface area contributed by atoms with Crippen molar-refractivity contribution in [1.82, 2.24) is 9.88 Å². The molecule has 0 aromatic carbocycles. The number of hydrogen-bond donors (Lipinski definition) is 1. The maximum Gasteiger partial charge on any atom is 0.144 e. The molecule has 17 heavy (non-hydrogen) atoms. The van der Waals surface area contributed by atoms with Gasteiger partial charge in [-0.05, 0) is 37.9 Å². The topological polar surface area (TPSA) is 65.9 Å². The molecule has 1 aliphatic heterocycles. The van der Waals surface area contributed by atoms with Gasteiger partial charge in [-0.3, -0.25) is 4.90 Å². The number of pyridine rings is 1. The maximum atomic E-state index is 9.00. The van der Waals surface area contributed by atoms with Crippen molar-refractivity contribution in [3.8, 4) is 6.07 Å². The molecule has 0 bridgehead atoms. The lowest BCUT2D eigenvalue weighted by Crippen LogP contribution is -2.38. The number of likely N-dealkylation sites (tertiary alicyclic amines) is 1. The molecule has 1 atom stereocenters. The molecule has 1 aromatic heterocycles. The molecule has 1 saturated heterocycles. The summed E-state index contributed by atoms with van der Waals surface area (Å²) in [6, 6.07) is 6.02. The van der Waals surface area contributed by atoms with E-state index in [0.717, 1.165) is 31.7 Å². The Labute approximate surface area is 102 Å². The summed E-state index contributed by atoms with van der Waals surface area (Å²) in [4.78, 5) is 6.46. The standard InChI is InChI=1S/C13H18N4/c14-7-11-3-2-6-17(9-11)10-12-4-1-5-16-13(12)8-15/h1,4-5,11H,2-3,6-7,9-10,14H2. The molecular formula is C13H18N4. The Balaban J connectivity index is 2.03. The van der Waals surface area contributed by atoms with Crippen molar-refractivity contribution in [3.05, 3.63) is 29.6 Å². The highest BCUT2D eigenvalue weighted by Gasteiger charge is 2.19. The SMILES string of the molecule is N#Cc1ncccc1CN1CCCC(CN)C1. The van der Waals surface area contributed by atoms with Crippen molar-refractivity contribution in [3.63, 3.8) is 0 Å². The van der Waals surface area contributed by atoms with Gasteiger partial charge in [0.1, 0.15) is 11.8 Å². The van der Waals surface area contributed by atoms with Crippen LogP contribution in [-0.4, -0.2) is 29.5 Å². The minimum atomic E-state index is 0.544. The van der Waals surface area contributed by atoms with E-state index in [9.17, 15) is 0 Å². The van der Waals surface area contributed by atoms with E-state index < -0.39 is 0 Å². The van der Waals surface area contributed by atoms with Gasteiger partial charge in [0.2, 0.25) is 0 Å². The quantitative estimate of drug-likeness (QED) is 0.845. The van der Waals surface area contributed by atoms with Crippen LogP contribution in [0.5, 0.6) is 0 Å². The Morgan fingerprint density at radius 2 is 2.47 bits per heavy atom. The molecule has 0 saturated carbocycles. The molecule has 4 nitrogen and oxygen atoms in total. The molecule has 0 amide bonds. The zero-order valence-corrected chi connectivity index (χ0v) is 9.97. The van der Waals surface area contributed by atoms with Crippen LogP contribution in [0.1, 0.15) is 24.1 Å². The van der Waals surface area contributed by atoms with E-state index in [1.54, 1.807) is 6.20 Å². The third kappa shape index (κ3) is 3.02. The van der Waals surface area contributed by atoms with Crippen molar-refractivity contribution in [2.45, 2.75) is 19.4 Å². The van der Waals surface area contributed by atoms with Gasteiger partial charge in [0.15, 0.2) is 0 Å². The van der Waals surface area contributed by atoms with Crippen molar-refractivity contribution >= 4 is 0 Å². The van der Waals surface area contributed by atoms with Crippen molar-refractivity contribution < 1.29 is 0 Å².